The summed E-state index contributed by atoms with van der Waals surface area (Å²) in [5.74, 6) is 0.0900. The number of hydrogen-bond donors (Lipinski definition) is 2. The highest BCUT2D eigenvalue weighted by molar-refractivity contribution is 9.10. The Hall–Kier alpha value is -2.18. The van der Waals surface area contributed by atoms with Crippen molar-refractivity contribution in [2.75, 3.05) is 18.4 Å². The number of aryl methyl sites for hydroxylation is 1. The third kappa shape index (κ3) is 5.90. The SMILES string of the molecule is Cc1ccc(NC(=O)C(C)N2CCC(C(=O)NCc3ccccc3)CC2)c(Br)c1. The minimum absolute atomic E-state index is 0.0106. The Balaban J connectivity index is 1.46. The highest BCUT2D eigenvalue weighted by Gasteiger charge is 2.29. The van der Waals surface area contributed by atoms with Gasteiger partial charge < -0.3 is 10.6 Å². The van der Waals surface area contributed by atoms with E-state index in [0.717, 1.165) is 47.2 Å². The second kappa shape index (κ2) is 10.0. The van der Waals surface area contributed by atoms with Crippen molar-refractivity contribution >= 4 is 33.4 Å². The highest BCUT2D eigenvalue weighted by Crippen LogP contribution is 2.25. The van der Waals surface area contributed by atoms with Crippen LogP contribution >= 0.6 is 15.9 Å². The summed E-state index contributed by atoms with van der Waals surface area (Å²) in [7, 11) is 0. The normalized spacial score (nSPS) is 16.2. The molecule has 0 radical (unpaired) electrons. The lowest BCUT2D eigenvalue weighted by Crippen LogP contribution is -2.48. The summed E-state index contributed by atoms with van der Waals surface area (Å²) in [4.78, 5) is 27.3. The molecular weight excluding hydrogens is 430 g/mol. The molecule has 1 unspecified atom stereocenters. The second-order valence-corrected chi connectivity index (χ2v) is 8.52. The molecule has 0 saturated carbocycles. The molecule has 1 aliphatic heterocycles. The van der Waals surface area contributed by atoms with Crippen LogP contribution in [0, 0.1) is 12.8 Å². The van der Waals surface area contributed by atoms with Crippen molar-refractivity contribution in [1.82, 2.24) is 10.2 Å². The van der Waals surface area contributed by atoms with Crippen molar-refractivity contribution in [2.45, 2.75) is 39.3 Å². The van der Waals surface area contributed by atoms with E-state index in [1.165, 1.54) is 0 Å². The molecule has 1 atom stereocenters. The smallest absolute Gasteiger partial charge is 0.241 e. The third-order valence-corrected chi connectivity index (χ3v) is 6.18. The number of nitrogens with zero attached hydrogens (tertiary/aromatic N) is 1. The fourth-order valence-corrected chi connectivity index (χ4v) is 4.20. The van der Waals surface area contributed by atoms with Gasteiger partial charge in [-0.3, -0.25) is 14.5 Å². The topological polar surface area (TPSA) is 61.4 Å². The molecule has 0 spiro atoms. The Bertz CT molecular complexity index is 848. The lowest BCUT2D eigenvalue weighted by Gasteiger charge is -2.34. The number of benzene rings is 2. The summed E-state index contributed by atoms with van der Waals surface area (Å²) in [6.45, 7) is 5.98. The van der Waals surface area contributed by atoms with Gasteiger partial charge in [-0.05, 0) is 79.0 Å². The van der Waals surface area contributed by atoms with Crippen LogP contribution < -0.4 is 10.6 Å². The van der Waals surface area contributed by atoms with E-state index in [1.807, 2.05) is 62.4 Å². The molecule has 1 heterocycles. The molecule has 29 heavy (non-hydrogen) atoms. The molecule has 2 aromatic carbocycles. The molecular formula is C23H28BrN3O2. The first-order valence-corrected chi connectivity index (χ1v) is 10.9. The minimum atomic E-state index is -0.239. The van der Waals surface area contributed by atoms with Gasteiger partial charge in [-0.2, -0.15) is 0 Å². The highest BCUT2D eigenvalue weighted by atomic mass is 79.9. The standard InChI is InChI=1S/C23H28BrN3O2/c1-16-8-9-21(20(24)14-16)26-22(28)17(2)27-12-10-19(11-13-27)23(29)25-15-18-6-4-3-5-7-18/h3-9,14,17,19H,10-13,15H2,1-2H3,(H,25,29)(H,26,28). The summed E-state index contributed by atoms with van der Waals surface area (Å²) in [5.41, 5.74) is 3.02. The van der Waals surface area contributed by atoms with E-state index < -0.39 is 0 Å². The Morgan fingerprint density at radius 3 is 2.48 bits per heavy atom. The molecule has 6 heteroatoms. The number of anilines is 1. The van der Waals surface area contributed by atoms with Gasteiger partial charge in [0.1, 0.15) is 0 Å². The van der Waals surface area contributed by atoms with Crippen LogP contribution in [0.2, 0.25) is 0 Å². The predicted molar refractivity (Wildman–Crippen MR) is 120 cm³/mol. The van der Waals surface area contributed by atoms with Crippen molar-refractivity contribution in [1.29, 1.82) is 0 Å². The van der Waals surface area contributed by atoms with Gasteiger partial charge in [0.15, 0.2) is 0 Å². The Morgan fingerprint density at radius 1 is 1.14 bits per heavy atom. The maximum Gasteiger partial charge on any atom is 0.241 e. The Kier molecular flexibility index (Phi) is 7.45. The number of halogens is 1. The molecule has 0 bridgehead atoms. The van der Waals surface area contributed by atoms with Gasteiger partial charge in [0.2, 0.25) is 11.8 Å². The van der Waals surface area contributed by atoms with Gasteiger partial charge in [0.25, 0.3) is 0 Å². The number of carbonyl (C=O) groups is 2. The molecule has 2 N–H and O–H groups in total. The zero-order valence-corrected chi connectivity index (χ0v) is 18.5. The van der Waals surface area contributed by atoms with E-state index in [-0.39, 0.29) is 23.8 Å². The molecule has 1 fully saturated rings. The van der Waals surface area contributed by atoms with Crippen molar-refractivity contribution in [2.24, 2.45) is 5.92 Å². The zero-order chi connectivity index (χ0) is 20.8. The summed E-state index contributed by atoms with van der Waals surface area (Å²) in [5, 5.41) is 6.04. The zero-order valence-electron chi connectivity index (χ0n) is 17.0. The van der Waals surface area contributed by atoms with Crippen molar-refractivity contribution in [3.8, 4) is 0 Å². The largest absolute Gasteiger partial charge is 0.352 e. The molecule has 5 nitrogen and oxygen atoms in total. The number of hydrogen-bond acceptors (Lipinski definition) is 3. The van der Waals surface area contributed by atoms with E-state index >= 15 is 0 Å². The second-order valence-electron chi connectivity index (χ2n) is 7.66. The van der Waals surface area contributed by atoms with Gasteiger partial charge in [0, 0.05) is 16.9 Å². The van der Waals surface area contributed by atoms with Crippen LogP contribution in [0.5, 0.6) is 0 Å². The van der Waals surface area contributed by atoms with Crippen LogP contribution in [0.3, 0.4) is 0 Å². The predicted octanol–water partition coefficient (Wildman–Crippen LogP) is 4.11. The monoisotopic (exact) mass is 457 g/mol. The maximum absolute atomic E-state index is 12.7. The fourth-order valence-electron chi connectivity index (χ4n) is 3.60. The summed E-state index contributed by atoms with van der Waals surface area (Å²) >= 11 is 3.50. The number of likely N-dealkylation sites (tertiary alicyclic amines) is 1. The van der Waals surface area contributed by atoms with Crippen LogP contribution in [-0.4, -0.2) is 35.8 Å². The molecule has 0 aliphatic carbocycles. The number of amides is 2. The van der Waals surface area contributed by atoms with Crippen molar-refractivity contribution in [3.63, 3.8) is 0 Å². The molecule has 1 saturated heterocycles. The molecule has 2 aromatic rings. The van der Waals surface area contributed by atoms with E-state index in [9.17, 15) is 9.59 Å². The molecule has 1 aliphatic rings. The first kappa shape index (κ1) is 21.5. The summed E-state index contributed by atoms with van der Waals surface area (Å²) in [6, 6.07) is 15.6. The number of piperidine rings is 1. The fraction of sp³-hybridized carbons (Fsp3) is 0.391. The van der Waals surface area contributed by atoms with Crippen molar-refractivity contribution in [3.05, 3.63) is 64.1 Å². The lowest BCUT2D eigenvalue weighted by atomic mass is 9.94. The average Bonchev–Trinajstić information content (AvgIpc) is 2.74. The van der Waals surface area contributed by atoms with E-state index in [0.29, 0.717) is 6.54 Å². The van der Waals surface area contributed by atoms with Gasteiger partial charge >= 0.3 is 0 Å². The van der Waals surface area contributed by atoms with Crippen LogP contribution in [0.1, 0.15) is 30.9 Å². The molecule has 2 amide bonds. The quantitative estimate of drug-likeness (QED) is 0.685. The van der Waals surface area contributed by atoms with E-state index in [2.05, 4.69) is 31.5 Å². The van der Waals surface area contributed by atoms with Gasteiger partial charge in [-0.1, -0.05) is 36.4 Å². The first-order chi connectivity index (χ1) is 13.9. The van der Waals surface area contributed by atoms with Gasteiger partial charge in [-0.15, -0.1) is 0 Å². The van der Waals surface area contributed by atoms with Crippen LogP contribution in [0.15, 0.2) is 53.0 Å². The lowest BCUT2D eigenvalue weighted by molar-refractivity contribution is -0.127. The van der Waals surface area contributed by atoms with E-state index in [4.69, 9.17) is 0 Å². The van der Waals surface area contributed by atoms with Crippen LogP contribution in [0.4, 0.5) is 5.69 Å². The molecule has 3 rings (SSSR count). The Labute approximate surface area is 181 Å². The van der Waals surface area contributed by atoms with Crippen molar-refractivity contribution < 1.29 is 9.59 Å². The summed E-state index contributed by atoms with van der Waals surface area (Å²) < 4.78 is 0.881. The Morgan fingerprint density at radius 2 is 1.83 bits per heavy atom. The average molecular weight is 458 g/mol. The summed E-state index contributed by atoms with van der Waals surface area (Å²) in [6.07, 6.45) is 1.54. The molecule has 154 valence electrons. The van der Waals surface area contributed by atoms with Gasteiger partial charge in [0.05, 0.1) is 11.7 Å². The van der Waals surface area contributed by atoms with E-state index in [1.54, 1.807) is 0 Å². The van der Waals surface area contributed by atoms with Crippen LogP contribution in [-0.2, 0) is 16.1 Å². The molecule has 0 aromatic heterocycles. The third-order valence-electron chi connectivity index (χ3n) is 5.52. The minimum Gasteiger partial charge on any atom is -0.352 e. The van der Waals surface area contributed by atoms with Gasteiger partial charge in [-0.25, -0.2) is 0 Å². The first-order valence-electron chi connectivity index (χ1n) is 10.1. The number of carbonyl (C=O) groups excluding carboxylic acids is 2. The number of rotatable bonds is 6. The van der Waals surface area contributed by atoms with Crippen LogP contribution in [0.25, 0.3) is 0 Å². The number of nitrogens with one attached hydrogen (secondary N) is 2. The maximum atomic E-state index is 12.7.